The van der Waals surface area contributed by atoms with E-state index < -0.39 is 5.79 Å². The van der Waals surface area contributed by atoms with Crippen molar-refractivity contribution in [1.82, 2.24) is 25.4 Å². The lowest BCUT2D eigenvalue weighted by Crippen LogP contribution is -2.62. The van der Waals surface area contributed by atoms with E-state index in [0.29, 0.717) is 24.9 Å². The Labute approximate surface area is 181 Å². The lowest BCUT2D eigenvalue weighted by atomic mass is 10.2. The molecular formula is C20H29N9S. The third-order valence-corrected chi connectivity index (χ3v) is 6.09. The Kier molecular flexibility index (Phi) is 6.58. The molecule has 2 aliphatic rings. The summed E-state index contributed by atoms with van der Waals surface area (Å²) in [4.78, 5) is 19.4. The average molecular weight is 428 g/mol. The number of aromatic nitrogens is 1. The van der Waals surface area contributed by atoms with Crippen LogP contribution >= 0.6 is 11.3 Å². The van der Waals surface area contributed by atoms with E-state index in [1.54, 1.807) is 23.7 Å². The zero-order valence-corrected chi connectivity index (χ0v) is 18.0. The van der Waals surface area contributed by atoms with Gasteiger partial charge in [0.2, 0.25) is 11.9 Å². The smallest absolute Gasteiger partial charge is 0.229 e. The molecule has 2 aliphatic heterocycles. The van der Waals surface area contributed by atoms with Crippen LogP contribution in [0.3, 0.4) is 0 Å². The van der Waals surface area contributed by atoms with E-state index in [0.717, 1.165) is 38.4 Å². The number of nitrogens with two attached hydrogens (primary N) is 1. The fourth-order valence-electron chi connectivity index (χ4n) is 3.39. The van der Waals surface area contributed by atoms with Gasteiger partial charge >= 0.3 is 0 Å². The van der Waals surface area contributed by atoms with E-state index in [1.165, 1.54) is 4.88 Å². The summed E-state index contributed by atoms with van der Waals surface area (Å²) in [6.45, 7) is 5.82. The number of hydrogen-bond acceptors (Lipinski definition) is 10. The van der Waals surface area contributed by atoms with Crippen molar-refractivity contribution in [1.29, 1.82) is 0 Å². The Morgan fingerprint density at radius 3 is 2.73 bits per heavy atom. The molecule has 4 heterocycles. The molecule has 2 aromatic heterocycles. The highest BCUT2D eigenvalue weighted by Crippen LogP contribution is 2.15. The maximum Gasteiger partial charge on any atom is 0.229 e. The minimum atomic E-state index is -0.932. The molecule has 160 valence electrons. The number of hydrogen-bond donors (Lipinski definition) is 4. The van der Waals surface area contributed by atoms with Crippen LogP contribution < -0.4 is 21.7 Å². The summed E-state index contributed by atoms with van der Waals surface area (Å²) in [5.74, 6) is 0.170. The zero-order valence-electron chi connectivity index (χ0n) is 17.2. The summed E-state index contributed by atoms with van der Waals surface area (Å²) in [5.41, 5.74) is 7.55. The Bertz CT molecular complexity index is 860. The van der Waals surface area contributed by atoms with Crippen LogP contribution in [0.2, 0.25) is 0 Å². The van der Waals surface area contributed by atoms with E-state index in [2.05, 4.69) is 54.2 Å². The Morgan fingerprint density at radius 2 is 2.00 bits per heavy atom. The van der Waals surface area contributed by atoms with E-state index in [4.69, 9.17) is 10.7 Å². The van der Waals surface area contributed by atoms with Gasteiger partial charge < -0.3 is 25.8 Å². The van der Waals surface area contributed by atoms with Crippen LogP contribution in [0.15, 0.2) is 52.0 Å². The maximum atomic E-state index is 6.68. The molecule has 5 N–H and O–H groups in total. The maximum absolute atomic E-state index is 6.68. The lowest BCUT2D eigenvalue weighted by molar-refractivity contribution is 0.141. The predicted molar refractivity (Wildman–Crippen MR) is 122 cm³/mol. The SMILES string of the molecule is CN1CCN(CCC2(N)N=C(Nc3ccncc3)N=C(NCc3cccs3)N2)CC1. The van der Waals surface area contributed by atoms with Crippen LogP contribution in [0.1, 0.15) is 11.3 Å². The predicted octanol–water partition coefficient (Wildman–Crippen LogP) is 0.910. The van der Waals surface area contributed by atoms with Crippen LogP contribution in [0.4, 0.5) is 5.69 Å². The number of piperazine rings is 1. The van der Waals surface area contributed by atoms with E-state index in [-0.39, 0.29) is 0 Å². The van der Waals surface area contributed by atoms with Gasteiger partial charge in [0.25, 0.3) is 0 Å². The molecule has 2 aromatic rings. The normalized spacial score (nSPS) is 22.7. The molecule has 30 heavy (non-hydrogen) atoms. The second-order valence-corrected chi connectivity index (χ2v) is 8.67. The van der Waals surface area contributed by atoms with Gasteiger partial charge in [-0.15, -0.1) is 11.3 Å². The average Bonchev–Trinajstić information content (AvgIpc) is 3.26. The van der Waals surface area contributed by atoms with Crippen molar-refractivity contribution in [3.05, 3.63) is 46.9 Å². The van der Waals surface area contributed by atoms with Crippen LogP contribution in [-0.2, 0) is 6.54 Å². The van der Waals surface area contributed by atoms with Gasteiger partial charge in [-0.3, -0.25) is 10.7 Å². The first-order valence-corrected chi connectivity index (χ1v) is 11.1. The van der Waals surface area contributed by atoms with Crippen molar-refractivity contribution in [2.24, 2.45) is 15.7 Å². The Morgan fingerprint density at radius 1 is 1.20 bits per heavy atom. The molecule has 10 heteroatoms. The molecule has 0 aromatic carbocycles. The summed E-state index contributed by atoms with van der Waals surface area (Å²) in [5, 5.41) is 12.0. The fraction of sp³-hybridized carbons (Fsp3) is 0.450. The minimum absolute atomic E-state index is 0.481. The van der Waals surface area contributed by atoms with Crippen molar-refractivity contribution in [2.75, 3.05) is 45.1 Å². The van der Waals surface area contributed by atoms with Gasteiger partial charge in [-0.05, 0) is 30.6 Å². The van der Waals surface area contributed by atoms with Gasteiger partial charge in [0, 0.05) is 62.1 Å². The molecule has 0 saturated carbocycles. The van der Waals surface area contributed by atoms with Gasteiger partial charge in [0.05, 0.1) is 6.54 Å². The Hall–Kier alpha value is -2.53. The molecule has 4 rings (SSSR count). The molecule has 1 fully saturated rings. The van der Waals surface area contributed by atoms with Gasteiger partial charge in [-0.25, -0.2) is 4.99 Å². The highest BCUT2D eigenvalue weighted by Gasteiger charge is 2.31. The first kappa shape index (κ1) is 20.7. The number of aliphatic imine (C=N–C) groups is 2. The number of nitrogens with zero attached hydrogens (tertiary/aromatic N) is 5. The monoisotopic (exact) mass is 427 g/mol. The molecule has 1 atom stereocenters. The van der Waals surface area contributed by atoms with Gasteiger partial charge in [-0.2, -0.15) is 4.99 Å². The zero-order chi connectivity index (χ0) is 20.8. The summed E-state index contributed by atoms with van der Waals surface area (Å²) in [6, 6.07) is 7.88. The largest absolute Gasteiger partial charge is 0.351 e. The number of likely N-dealkylation sites (N-methyl/N-ethyl adjacent to an activating group) is 1. The molecular weight excluding hydrogens is 398 g/mol. The number of thiophene rings is 1. The topological polar surface area (TPSA) is 106 Å². The summed E-state index contributed by atoms with van der Waals surface area (Å²) < 4.78 is 0. The second kappa shape index (κ2) is 9.52. The molecule has 0 amide bonds. The van der Waals surface area contributed by atoms with Gasteiger partial charge in [-0.1, -0.05) is 6.07 Å². The van der Waals surface area contributed by atoms with Gasteiger partial charge in [0.1, 0.15) is 0 Å². The van der Waals surface area contributed by atoms with Crippen LogP contribution in [-0.4, -0.2) is 72.3 Å². The molecule has 1 unspecified atom stereocenters. The highest BCUT2D eigenvalue weighted by atomic mass is 32.1. The molecule has 9 nitrogen and oxygen atoms in total. The van der Waals surface area contributed by atoms with Crippen molar-refractivity contribution in [3.63, 3.8) is 0 Å². The van der Waals surface area contributed by atoms with E-state index in [1.807, 2.05) is 18.2 Å². The Balaban J connectivity index is 1.44. The van der Waals surface area contributed by atoms with Crippen molar-refractivity contribution < 1.29 is 0 Å². The molecule has 0 radical (unpaired) electrons. The molecule has 0 aliphatic carbocycles. The minimum Gasteiger partial charge on any atom is -0.351 e. The standard InChI is InChI=1S/C20H29N9S/c1-28-10-12-29(13-11-28)9-6-20(21)26-18(23-15-17-3-2-14-30-17)25-19(27-20)24-16-4-7-22-8-5-16/h2-5,7-8,14H,6,9-13,15,21H2,1H3,(H3,22,23,24,25,26,27). The van der Waals surface area contributed by atoms with Crippen molar-refractivity contribution in [3.8, 4) is 0 Å². The summed E-state index contributed by atoms with van der Waals surface area (Å²) >= 11 is 1.70. The first-order valence-electron chi connectivity index (χ1n) is 10.2. The fourth-order valence-corrected chi connectivity index (χ4v) is 4.03. The van der Waals surface area contributed by atoms with Crippen molar-refractivity contribution >= 4 is 28.9 Å². The third-order valence-electron chi connectivity index (χ3n) is 5.21. The van der Waals surface area contributed by atoms with Crippen LogP contribution in [0.25, 0.3) is 0 Å². The number of nitrogens with one attached hydrogen (secondary N) is 3. The highest BCUT2D eigenvalue weighted by molar-refractivity contribution is 7.09. The lowest BCUT2D eigenvalue weighted by Gasteiger charge is -2.36. The van der Waals surface area contributed by atoms with Crippen LogP contribution in [0, 0.1) is 0 Å². The first-order chi connectivity index (χ1) is 14.6. The van der Waals surface area contributed by atoms with E-state index >= 15 is 0 Å². The number of anilines is 1. The van der Waals surface area contributed by atoms with Crippen molar-refractivity contribution in [2.45, 2.75) is 18.8 Å². The van der Waals surface area contributed by atoms with Crippen LogP contribution in [0.5, 0.6) is 0 Å². The third kappa shape index (κ3) is 5.76. The summed E-state index contributed by atoms with van der Waals surface area (Å²) in [7, 11) is 2.16. The molecule has 0 bridgehead atoms. The summed E-state index contributed by atoms with van der Waals surface area (Å²) in [6.07, 6.45) is 4.14. The molecule has 0 spiro atoms. The number of rotatable bonds is 6. The number of guanidine groups is 2. The molecule has 1 saturated heterocycles. The van der Waals surface area contributed by atoms with Gasteiger partial charge in [0.15, 0.2) is 5.79 Å². The quantitative estimate of drug-likeness (QED) is 0.543. The van der Waals surface area contributed by atoms with E-state index in [9.17, 15) is 0 Å². The number of pyridine rings is 1. The second-order valence-electron chi connectivity index (χ2n) is 7.63.